The van der Waals surface area contributed by atoms with Gasteiger partial charge in [-0.15, -0.1) is 0 Å². The summed E-state index contributed by atoms with van der Waals surface area (Å²) in [7, 11) is 1.37. The Kier molecular flexibility index (Phi) is 6.63. The molecule has 1 N–H and O–H groups in total. The van der Waals surface area contributed by atoms with Crippen LogP contribution in [0.3, 0.4) is 0 Å². The molecular weight excluding hydrogens is 377 g/mol. The molecule has 0 saturated heterocycles. The quantitative estimate of drug-likeness (QED) is 0.589. The number of benzene rings is 2. The number of methoxy groups -OCH3 is 1. The van der Waals surface area contributed by atoms with E-state index in [1.54, 1.807) is 12.1 Å². The SMILES string of the molecule is COc1ccc(COC(=O)C(Cc2ccccc2)NC(=O)c2ccco2)cc1F. The molecule has 7 heteroatoms. The van der Waals surface area contributed by atoms with Gasteiger partial charge in [-0.05, 0) is 35.4 Å². The van der Waals surface area contributed by atoms with Crippen LogP contribution in [0.5, 0.6) is 5.75 Å². The molecule has 1 amide bonds. The van der Waals surface area contributed by atoms with E-state index >= 15 is 0 Å². The zero-order chi connectivity index (χ0) is 20.6. The second kappa shape index (κ2) is 9.54. The van der Waals surface area contributed by atoms with E-state index in [0.29, 0.717) is 5.56 Å². The molecule has 0 radical (unpaired) electrons. The van der Waals surface area contributed by atoms with Crippen LogP contribution in [0, 0.1) is 5.82 Å². The summed E-state index contributed by atoms with van der Waals surface area (Å²) >= 11 is 0. The van der Waals surface area contributed by atoms with Crippen molar-refractivity contribution in [3.63, 3.8) is 0 Å². The first-order valence-electron chi connectivity index (χ1n) is 8.94. The van der Waals surface area contributed by atoms with Crippen molar-refractivity contribution >= 4 is 11.9 Å². The predicted octanol–water partition coefficient (Wildman–Crippen LogP) is 3.51. The van der Waals surface area contributed by atoms with Crippen molar-refractivity contribution in [3.05, 3.63) is 89.6 Å². The van der Waals surface area contributed by atoms with Gasteiger partial charge in [0, 0.05) is 6.42 Å². The lowest BCUT2D eigenvalue weighted by Gasteiger charge is -2.17. The lowest BCUT2D eigenvalue weighted by Crippen LogP contribution is -2.43. The first-order chi connectivity index (χ1) is 14.1. The van der Waals surface area contributed by atoms with Gasteiger partial charge >= 0.3 is 5.97 Å². The van der Waals surface area contributed by atoms with E-state index in [9.17, 15) is 14.0 Å². The fourth-order valence-corrected chi connectivity index (χ4v) is 2.73. The minimum Gasteiger partial charge on any atom is -0.494 e. The number of esters is 1. The second-order valence-electron chi connectivity index (χ2n) is 6.27. The molecule has 1 aromatic heterocycles. The Morgan fingerprint density at radius 1 is 1.07 bits per heavy atom. The molecule has 0 saturated carbocycles. The summed E-state index contributed by atoms with van der Waals surface area (Å²) < 4.78 is 29.1. The van der Waals surface area contributed by atoms with Crippen LogP contribution in [0.1, 0.15) is 21.7 Å². The van der Waals surface area contributed by atoms with E-state index in [1.165, 1.54) is 31.6 Å². The fraction of sp³-hybridized carbons (Fsp3) is 0.182. The van der Waals surface area contributed by atoms with Gasteiger partial charge in [0.25, 0.3) is 5.91 Å². The number of hydrogen-bond acceptors (Lipinski definition) is 5. The molecule has 1 atom stereocenters. The van der Waals surface area contributed by atoms with Crippen LogP contribution in [-0.4, -0.2) is 25.0 Å². The minimum atomic E-state index is -0.932. The van der Waals surface area contributed by atoms with Gasteiger partial charge in [-0.25, -0.2) is 9.18 Å². The highest BCUT2D eigenvalue weighted by Gasteiger charge is 2.24. The van der Waals surface area contributed by atoms with Crippen molar-refractivity contribution in [2.24, 2.45) is 0 Å². The van der Waals surface area contributed by atoms with Crippen LogP contribution >= 0.6 is 0 Å². The maximum atomic E-state index is 13.8. The highest BCUT2D eigenvalue weighted by Crippen LogP contribution is 2.18. The fourth-order valence-electron chi connectivity index (χ4n) is 2.73. The van der Waals surface area contributed by atoms with Gasteiger partial charge in [0.05, 0.1) is 13.4 Å². The molecule has 3 rings (SSSR count). The molecule has 29 heavy (non-hydrogen) atoms. The van der Waals surface area contributed by atoms with E-state index in [0.717, 1.165) is 5.56 Å². The van der Waals surface area contributed by atoms with E-state index < -0.39 is 23.7 Å². The topological polar surface area (TPSA) is 77.8 Å². The highest BCUT2D eigenvalue weighted by atomic mass is 19.1. The van der Waals surface area contributed by atoms with Crippen LogP contribution < -0.4 is 10.1 Å². The summed E-state index contributed by atoms with van der Waals surface area (Å²) in [5.41, 5.74) is 1.32. The summed E-state index contributed by atoms with van der Waals surface area (Å²) in [4.78, 5) is 25.0. The Hall–Kier alpha value is -3.61. The number of hydrogen-bond donors (Lipinski definition) is 1. The van der Waals surface area contributed by atoms with Gasteiger partial charge in [0.15, 0.2) is 17.3 Å². The molecule has 0 spiro atoms. The Morgan fingerprint density at radius 2 is 1.86 bits per heavy atom. The largest absolute Gasteiger partial charge is 0.494 e. The monoisotopic (exact) mass is 397 g/mol. The van der Waals surface area contributed by atoms with Crippen molar-refractivity contribution in [3.8, 4) is 5.75 Å². The van der Waals surface area contributed by atoms with Crippen molar-refractivity contribution in [2.75, 3.05) is 7.11 Å². The average molecular weight is 397 g/mol. The van der Waals surface area contributed by atoms with Crippen molar-refractivity contribution in [1.82, 2.24) is 5.32 Å². The van der Waals surface area contributed by atoms with Crippen molar-refractivity contribution in [1.29, 1.82) is 0 Å². The second-order valence-corrected chi connectivity index (χ2v) is 6.27. The van der Waals surface area contributed by atoms with Crippen LogP contribution in [-0.2, 0) is 22.6 Å². The number of ether oxygens (including phenoxy) is 2. The first kappa shape index (κ1) is 20.1. The van der Waals surface area contributed by atoms with Crippen LogP contribution in [0.4, 0.5) is 4.39 Å². The van der Waals surface area contributed by atoms with Gasteiger partial charge in [0.1, 0.15) is 12.6 Å². The highest BCUT2D eigenvalue weighted by molar-refractivity contribution is 5.94. The zero-order valence-corrected chi connectivity index (χ0v) is 15.8. The summed E-state index contributed by atoms with van der Waals surface area (Å²) in [6.45, 7) is -0.137. The minimum absolute atomic E-state index is 0.0908. The van der Waals surface area contributed by atoms with Gasteiger partial charge in [-0.1, -0.05) is 36.4 Å². The number of rotatable bonds is 8. The first-order valence-corrected chi connectivity index (χ1v) is 8.94. The lowest BCUT2D eigenvalue weighted by atomic mass is 10.1. The normalized spacial score (nSPS) is 11.5. The molecule has 6 nitrogen and oxygen atoms in total. The molecule has 150 valence electrons. The van der Waals surface area contributed by atoms with E-state index in [2.05, 4.69) is 5.32 Å². The lowest BCUT2D eigenvalue weighted by molar-refractivity contribution is -0.147. The Bertz CT molecular complexity index is 957. The number of amides is 1. The van der Waals surface area contributed by atoms with Gasteiger partial charge in [-0.2, -0.15) is 0 Å². The third kappa shape index (κ3) is 5.44. The number of furan rings is 1. The summed E-state index contributed by atoms with van der Waals surface area (Å²) in [6.07, 6.45) is 1.61. The molecule has 3 aromatic rings. The molecular formula is C22H20FNO5. The Morgan fingerprint density at radius 3 is 2.52 bits per heavy atom. The van der Waals surface area contributed by atoms with Crippen molar-refractivity contribution in [2.45, 2.75) is 19.1 Å². The Balaban J connectivity index is 1.69. The molecule has 0 fully saturated rings. The van der Waals surface area contributed by atoms with Gasteiger partial charge < -0.3 is 19.2 Å². The molecule has 2 aromatic carbocycles. The van der Waals surface area contributed by atoms with Gasteiger partial charge in [0.2, 0.25) is 0 Å². The van der Waals surface area contributed by atoms with Crippen LogP contribution in [0.2, 0.25) is 0 Å². The summed E-state index contributed by atoms with van der Waals surface area (Å²) in [6, 6.07) is 15.7. The summed E-state index contributed by atoms with van der Waals surface area (Å²) in [5.74, 6) is -1.51. The van der Waals surface area contributed by atoms with Gasteiger partial charge in [-0.3, -0.25) is 4.79 Å². The standard InChI is InChI=1S/C22H20FNO5/c1-27-19-10-9-16(12-17(19)23)14-29-22(26)18(13-15-6-3-2-4-7-15)24-21(25)20-8-5-11-28-20/h2-12,18H,13-14H2,1H3,(H,24,25). The number of halogens is 1. The molecule has 0 aliphatic carbocycles. The predicted molar refractivity (Wildman–Crippen MR) is 103 cm³/mol. The third-order valence-corrected chi connectivity index (χ3v) is 4.21. The third-order valence-electron chi connectivity index (χ3n) is 4.21. The molecule has 0 aliphatic rings. The van der Waals surface area contributed by atoms with Crippen LogP contribution in [0.25, 0.3) is 0 Å². The van der Waals surface area contributed by atoms with E-state index in [4.69, 9.17) is 13.9 Å². The molecule has 1 heterocycles. The molecule has 0 bridgehead atoms. The smallest absolute Gasteiger partial charge is 0.329 e. The Labute approximate surface area is 167 Å². The zero-order valence-electron chi connectivity index (χ0n) is 15.8. The van der Waals surface area contributed by atoms with Crippen molar-refractivity contribution < 1.29 is 27.9 Å². The van der Waals surface area contributed by atoms with Crippen LogP contribution in [0.15, 0.2) is 71.3 Å². The number of nitrogens with one attached hydrogen (secondary N) is 1. The van der Waals surface area contributed by atoms with E-state index in [1.807, 2.05) is 30.3 Å². The van der Waals surface area contributed by atoms with E-state index in [-0.39, 0.29) is 24.5 Å². The summed E-state index contributed by atoms with van der Waals surface area (Å²) in [5, 5.41) is 2.63. The number of carbonyl (C=O) groups excluding carboxylic acids is 2. The maximum Gasteiger partial charge on any atom is 0.329 e. The average Bonchev–Trinajstić information content (AvgIpc) is 3.27. The molecule has 1 unspecified atom stereocenters. The maximum absolute atomic E-state index is 13.8. The molecule has 0 aliphatic heterocycles. The number of carbonyl (C=O) groups is 2.